The summed E-state index contributed by atoms with van der Waals surface area (Å²) in [5.41, 5.74) is 4.19. The third kappa shape index (κ3) is 6.39. The first kappa shape index (κ1) is 23.9. The largest absolute Gasteiger partial charge is 0.490 e. The topological polar surface area (TPSA) is 62.3 Å². The molecule has 2 N–H and O–H groups in total. The lowest BCUT2D eigenvalue weighted by Crippen LogP contribution is -2.16. The van der Waals surface area contributed by atoms with Crippen LogP contribution in [0.3, 0.4) is 0 Å². The Morgan fingerprint density at radius 1 is 1.34 bits per heavy atom. The molecule has 2 aromatic rings. The average Bonchev–Trinajstić information content (AvgIpc) is 3.40. The molecular formula is C26H34N4OS. The Kier molecular flexibility index (Phi) is 8.02. The predicted molar refractivity (Wildman–Crippen MR) is 135 cm³/mol. The molecule has 32 heavy (non-hydrogen) atoms. The summed E-state index contributed by atoms with van der Waals surface area (Å²) in [6.45, 7) is 13.3. The molecule has 1 aliphatic rings. The molecule has 170 valence electrons. The summed E-state index contributed by atoms with van der Waals surface area (Å²) in [6.07, 6.45) is 9.29. The molecule has 2 unspecified atom stereocenters. The second kappa shape index (κ2) is 10.7. The van der Waals surface area contributed by atoms with E-state index in [1.165, 1.54) is 0 Å². The second-order valence-electron chi connectivity index (χ2n) is 9.36. The molecule has 0 saturated heterocycles. The van der Waals surface area contributed by atoms with Crippen molar-refractivity contribution in [3.63, 3.8) is 0 Å². The molecule has 0 bridgehead atoms. The smallest absolute Gasteiger partial charge is 0.152 e. The predicted octanol–water partition coefficient (Wildman–Crippen LogP) is 7.10. The maximum Gasteiger partial charge on any atom is 0.152 e. The van der Waals surface area contributed by atoms with Crippen LogP contribution in [-0.2, 0) is 23.7 Å². The number of hydrogen-bond acceptors (Lipinski definition) is 5. The zero-order valence-corrected chi connectivity index (χ0v) is 20.3. The van der Waals surface area contributed by atoms with E-state index in [9.17, 15) is 0 Å². The highest BCUT2D eigenvalue weighted by molar-refractivity contribution is 7.47. The van der Waals surface area contributed by atoms with Crippen LogP contribution in [0, 0.1) is 5.41 Å². The van der Waals surface area contributed by atoms with Crippen LogP contribution in [0.15, 0.2) is 70.8 Å². The van der Waals surface area contributed by atoms with Gasteiger partial charge in [-0.25, -0.2) is 4.36 Å². The fourth-order valence-electron chi connectivity index (χ4n) is 3.85. The number of allylic oxidation sites excluding steroid dienone is 4. The van der Waals surface area contributed by atoms with Crippen molar-refractivity contribution in [3.8, 4) is 0 Å². The van der Waals surface area contributed by atoms with Gasteiger partial charge in [0, 0.05) is 35.8 Å². The van der Waals surface area contributed by atoms with Crippen LogP contribution in [-0.4, -0.2) is 16.3 Å². The maximum atomic E-state index is 6.44. The van der Waals surface area contributed by atoms with Crippen molar-refractivity contribution in [1.82, 2.24) is 10.2 Å². The molecule has 3 rings (SSSR count). The van der Waals surface area contributed by atoms with Crippen molar-refractivity contribution >= 4 is 23.9 Å². The lowest BCUT2D eigenvalue weighted by atomic mass is 9.86. The van der Waals surface area contributed by atoms with E-state index in [0.29, 0.717) is 12.5 Å². The van der Waals surface area contributed by atoms with Crippen LogP contribution in [0.1, 0.15) is 64.1 Å². The van der Waals surface area contributed by atoms with Gasteiger partial charge in [0.25, 0.3) is 0 Å². The minimum Gasteiger partial charge on any atom is -0.490 e. The van der Waals surface area contributed by atoms with E-state index in [0.717, 1.165) is 53.4 Å². The first-order chi connectivity index (χ1) is 15.3. The fourth-order valence-corrected chi connectivity index (χ4v) is 4.00. The van der Waals surface area contributed by atoms with Gasteiger partial charge in [0.1, 0.15) is 5.76 Å². The average molecular weight is 451 g/mol. The number of aromatic amines is 1. The Morgan fingerprint density at radius 3 is 2.88 bits per heavy atom. The zero-order chi connectivity index (χ0) is 23.1. The third-order valence-electron chi connectivity index (χ3n) is 5.80. The number of H-pyrrole nitrogens is 1. The molecule has 1 heterocycles. The molecular weight excluding hydrogens is 416 g/mol. The van der Waals surface area contributed by atoms with E-state index >= 15 is 0 Å². The number of rotatable bonds is 9. The van der Waals surface area contributed by atoms with Crippen molar-refractivity contribution < 1.29 is 4.74 Å². The minimum atomic E-state index is -0.0356. The summed E-state index contributed by atoms with van der Waals surface area (Å²) in [7, 11) is 0. The molecule has 0 radical (unpaired) electrons. The quantitative estimate of drug-likeness (QED) is 0.316. The molecule has 0 amide bonds. The van der Waals surface area contributed by atoms with Gasteiger partial charge >= 0.3 is 0 Å². The van der Waals surface area contributed by atoms with E-state index in [-0.39, 0.29) is 11.5 Å². The van der Waals surface area contributed by atoms with Crippen molar-refractivity contribution in [2.75, 3.05) is 5.32 Å². The number of nitrogens with zero attached hydrogens (tertiary/aromatic N) is 2. The van der Waals surface area contributed by atoms with Crippen molar-refractivity contribution in [1.29, 1.82) is 0 Å². The number of ether oxygens (including phenoxy) is 1. The molecule has 1 aromatic carbocycles. The van der Waals surface area contributed by atoms with Gasteiger partial charge in [-0.1, -0.05) is 51.6 Å². The summed E-state index contributed by atoms with van der Waals surface area (Å²) in [4.78, 5) is 0. The molecule has 0 spiro atoms. The summed E-state index contributed by atoms with van der Waals surface area (Å²) >= 11 is 4.73. The van der Waals surface area contributed by atoms with Crippen molar-refractivity contribution in [2.24, 2.45) is 9.78 Å². The monoisotopic (exact) mass is 450 g/mol. The molecule has 6 heteroatoms. The van der Waals surface area contributed by atoms with Crippen molar-refractivity contribution in [3.05, 3.63) is 77.7 Å². The first-order valence-electron chi connectivity index (χ1n) is 11.2. The van der Waals surface area contributed by atoms with Gasteiger partial charge in [0.05, 0.1) is 12.6 Å². The number of aromatic nitrogens is 2. The van der Waals surface area contributed by atoms with Crippen LogP contribution in [0.25, 0.3) is 0 Å². The van der Waals surface area contributed by atoms with Gasteiger partial charge in [-0.05, 0) is 60.9 Å². The summed E-state index contributed by atoms with van der Waals surface area (Å²) in [5, 5.41) is 11.0. The molecule has 1 saturated carbocycles. The number of benzene rings is 1. The van der Waals surface area contributed by atoms with Gasteiger partial charge in [-0.3, -0.25) is 5.10 Å². The molecule has 1 aliphatic carbocycles. The number of hydrogen-bond donors (Lipinski definition) is 2. The van der Waals surface area contributed by atoms with Gasteiger partial charge in [-0.2, -0.15) is 5.10 Å². The SMILES string of the molecule is C=C(/C(=C\C=C/C)OC1CCC(c2cc(Nc3cccc(CN=S)c3)n[nH]2)C1)C(C)(C)C. The van der Waals surface area contributed by atoms with Crippen LogP contribution >= 0.6 is 0 Å². The molecule has 0 aliphatic heterocycles. The Bertz CT molecular complexity index is 999. The van der Waals surface area contributed by atoms with E-state index < -0.39 is 0 Å². The molecule has 1 aromatic heterocycles. The summed E-state index contributed by atoms with van der Waals surface area (Å²) < 4.78 is 10.2. The number of anilines is 2. The van der Waals surface area contributed by atoms with E-state index in [4.69, 9.17) is 17.2 Å². The zero-order valence-electron chi connectivity index (χ0n) is 19.5. The van der Waals surface area contributed by atoms with Crippen LogP contribution in [0.4, 0.5) is 11.5 Å². The highest BCUT2D eigenvalue weighted by Gasteiger charge is 2.30. The summed E-state index contributed by atoms with van der Waals surface area (Å²) in [5.74, 6) is 2.10. The Hall–Kier alpha value is -2.73. The summed E-state index contributed by atoms with van der Waals surface area (Å²) in [6, 6.07) is 10.2. The van der Waals surface area contributed by atoms with Crippen LogP contribution in [0.5, 0.6) is 0 Å². The molecule has 5 nitrogen and oxygen atoms in total. The normalized spacial score (nSPS) is 19.3. The highest BCUT2D eigenvalue weighted by atomic mass is 32.1. The van der Waals surface area contributed by atoms with Crippen LogP contribution in [0.2, 0.25) is 0 Å². The first-order valence-corrected chi connectivity index (χ1v) is 11.6. The van der Waals surface area contributed by atoms with Gasteiger partial charge in [0.15, 0.2) is 5.82 Å². The van der Waals surface area contributed by atoms with Gasteiger partial charge in [-0.15, -0.1) is 0 Å². The van der Waals surface area contributed by atoms with E-state index in [2.05, 4.69) is 53.3 Å². The van der Waals surface area contributed by atoms with Crippen molar-refractivity contribution in [2.45, 2.75) is 65.5 Å². The Labute approximate surface area is 197 Å². The lowest BCUT2D eigenvalue weighted by molar-refractivity contribution is 0.121. The van der Waals surface area contributed by atoms with Gasteiger partial charge in [0.2, 0.25) is 0 Å². The third-order valence-corrected chi connectivity index (χ3v) is 5.93. The fraction of sp³-hybridized carbons (Fsp3) is 0.423. The second-order valence-corrected chi connectivity index (χ2v) is 9.61. The Morgan fingerprint density at radius 2 is 2.16 bits per heavy atom. The van der Waals surface area contributed by atoms with Gasteiger partial charge < -0.3 is 10.1 Å². The van der Waals surface area contributed by atoms with Crippen LogP contribution < -0.4 is 5.32 Å². The van der Waals surface area contributed by atoms with E-state index in [1.54, 1.807) is 0 Å². The standard InChI is InChI=1S/C26H34N4OS/c1-6-7-11-24(18(2)26(3,4)5)31-22-13-12-20(15-22)23-16-25(30-29-23)28-21-10-8-9-19(14-21)17-27-32/h6-11,14,16,20,22H,2,12-13,15,17H2,1,3-5H3,(H2,28,29,30)/b7-6-,24-11+. The molecule has 2 atom stereocenters. The number of nitrogens with one attached hydrogen (secondary N) is 2. The maximum absolute atomic E-state index is 6.44. The highest BCUT2D eigenvalue weighted by Crippen LogP contribution is 2.39. The molecule has 1 fully saturated rings. The minimum absolute atomic E-state index is 0.0356. The Balaban J connectivity index is 1.63. The van der Waals surface area contributed by atoms with E-state index in [1.807, 2.05) is 49.4 Å². The lowest BCUT2D eigenvalue weighted by Gasteiger charge is -2.26.